The highest BCUT2D eigenvalue weighted by molar-refractivity contribution is 5.89. The van der Waals surface area contributed by atoms with Crippen LogP contribution in [0.15, 0.2) is 12.5 Å². The Kier molecular flexibility index (Phi) is 5.35. The van der Waals surface area contributed by atoms with Gasteiger partial charge in [0.25, 0.3) is 0 Å². The Morgan fingerprint density at radius 3 is 2.78 bits per heavy atom. The lowest BCUT2D eigenvalue weighted by atomic mass is 9.95. The normalized spacial score (nSPS) is 13.7. The molecule has 18 heavy (non-hydrogen) atoms. The van der Waals surface area contributed by atoms with E-state index in [9.17, 15) is 9.59 Å². The van der Waals surface area contributed by atoms with Crippen molar-refractivity contribution >= 4 is 11.9 Å². The fourth-order valence-electron chi connectivity index (χ4n) is 1.58. The molecule has 100 valence electrons. The fourth-order valence-corrected chi connectivity index (χ4v) is 1.58. The first-order chi connectivity index (χ1) is 8.58. The summed E-state index contributed by atoms with van der Waals surface area (Å²) < 4.78 is 4.54. The van der Waals surface area contributed by atoms with Gasteiger partial charge in [-0.15, -0.1) is 0 Å². The number of aromatic amines is 1. The molecule has 1 aromatic rings. The molecule has 0 aliphatic carbocycles. The number of hydrogen-bond donors (Lipinski definition) is 2. The van der Waals surface area contributed by atoms with Gasteiger partial charge >= 0.3 is 6.09 Å². The second-order valence-corrected chi connectivity index (χ2v) is 4.18. The molecule has 2 N–H and O–H groups in total. The topological polar surface area (TPSA) is 84.1 Å². The Bertz CT molecular complexity index is 389. The minimum absolute atomic E-state index is 0.00231. The van der Waals surface area contributed by atoms with E-state index in [2.05, 4.69) is 20.0 Å². The van der Waals surface area contributed by atoms with Crippen LogP contribution in [0.5, 0.6) is 0 Å². The lowest BCUT2D eigenvalue weighted by molar-refractivity contribution is -0.124. The second-order valence-electron chi connectivity index (χ2n) is 4.18. The average molecular weight is 253 g/mol. The first kappa shape index (κ1) is 14.2. The molecule has 0 radical (unpaired) electrons. The number of ketones is 1. The summed E-state index contributed by atoms with van der Waals surface area (Å²) in [5, 5.41) is 2.56. The molecule has 1 rings (SSSR count). The van der Waals surface area contributed by atoms with Gasteiger partial charge in [0.2, 0.25) is 0 Å². The molecule has 6 heteroatoms. The van der Waals surface area contributed by atoms with Crippen LogP contribution in [-0.2, 0) is 16.0 Å². The number of nitrogens with zero attached hydrogens (tertiary/aromatic N) is 1. The van der Waals surface area contributed by atoms with Crippen molar-refractivity contribution < 1.29 is 14.3 Å². The molecule has 0 aliphatic rings. The Labute approximate surface area is 106 Å². The predicted molar refractivity (Wildman–Crippen MR) is 66.1 cm³/mol. The number of carbonyl (C=O) groups excluding carboxylic acids is 2. The van der Waals surface area contributed by atoms with Crippen LogP contribution < -0.4 is 5.32 Å². The van der Waals surface area contributed by atoms with Crippen molar-refractivity contribution in [1.82, 2.24) is 15.3 Å². The summed E-state index contributed by atoms with van der Waals surface area (Å²) in [6.07, 6.45) is 3.70. The Morgan fingerprint density at radius 1 is 1.56 bits per heavy atom. The van der Waals surface area contributed by atoms with Crippen LogP contribution >= 0.6 is 0 Å². The van der Waals surface area contributed by atoms with Crippen molar-refractivity contribution in [3.05, 3.63) is 18.2 Å². The summed E-state index contributed by atoms with van der Waals surface area (Å²) in [7, 11) is 1.27. The van der Waals surface area contributed by atoms with Crippen molar-refractivity contribution in [3.8, 4) is 0 Å². The standard InChI is InChI=1S/C12H19N3O3/c1-4-8(2)11(16)10(15-12(17)18-3)5-9-6-13-7-14-9/h6-8,10H,4-5H2,1-3H3,(H,13,14)(H,15,17)/t8?,10-/m0/s1. The number of alkyl carbamates (subject to hydrolysis) is 1. The number of nitrogens with one attached hydrogen (secondary N) is 2. The Hall–Kier alpha value is -1.85. The van der Waals surface area contributed by atoms with Crippen molar-refractivity contribution in [2.24, 2.45) is 5.92 Å². The monoisotopic (exact) mass is 253 g/mol. The molecule has 0 spiro atoms. The third kappa shape index (κ3) is 3.87. The molecule has 2 atom stereocenters. The zero-order valence-corrected chi connectivity index (χ0v) is 10.9. The van der Waals surface area contributed by atoms with Crippen LogP contribution in [0.1, 0.15) is 26.0 Å². The van der Waals surface area contributed by atoms with E-state index in [-0.39, 0.29) is 11.7 Å². The summed E-state index contributed by atoms with van der Waals surface area (Å²) >= 11 is 0. The number of imidazole rings is 1. The van der Waals surface area contributed by atoms with Gasteiger partial charge in [-0.2, -0.15) is 0 Å². The molecule has 6 nitrogen and oxygen atoms in total. The molecular weight excluding hydrogens is 234 g/mol. The summed E-state index contributed by atoms with van der Waals surface area (Å²) in [4.78, 5) is 30.2. The Morgan fingerprint density at radius 2 is 2.28 bits per heavy atom. The number of methoxy groups -OCH3 is 1. The third-order valence-electron chi connectivity index (χ3n) is 2.90. The van der Waals surface area contributed by atoms with Crippen LogP contribution in [0.25, 0.3) is 0 Å². The minimum atomic E-state index is -0.601. The van der Waals surface area contributed by atoms with Crippen LogP contribution in [0.3, 0.4) is 0 Å². The summed E-state index contributed by atoms with van der Waals surface area (Å²) in [6, 6.07) is -0.590. The van der Waals surface area contributed by atoms with Crippen LogP contribution in [-0.4, -0.2) is 35.0 Å². The highest BCUT2D eigenvalue weighted by Gasteiger charge is 2.25. The summed E-state index contributed by atoms with van der Waals surface area (Å²) in [6.45, 7) is 3.79. The van der Waals surface area contributed by atoms with Gasteiger partial charge in [0.05, 0.1) is 19.5 Å². The fraction of sp³-hybridized carbons (Fsp3) is 0.583. The zero-order chi connectivity index (χ0) is 13.5. The molecule has 0 saturated carbocycles. The van der Waals surface area contributed by atoms with E-state index in [1.54, 1.807) is 6.20 Å². The number of carbonyl (C=O) groups is 2. The van der Waals surface area contributed by atoms with Gasteiger partial charge < -0.3 is 15.0 Å². The molecule has 1 heterocycles. The minimum Gasteiger partial charge on any atom is -0.453 e. The quantitative estimate of drug-likeness (QED) is 0.800. The molecule has 1 amide bonds. The van der Waals surface area contributed by atoms with E-state index in [4.69, 9.17) is 0 Å². The van der Waals surface area contributed by atoms with E-state index in [1.165, 1.54) is 13.4 Å². The zero-order valence-electron chi connectivity index (χ0n) is 10.9. The van der Waals surface area contributed by atoms with Gasteiger partial charge in [-0.1, -0.05) is 13.8 Å². The van der Waals surface area contributed by atoms with Gasteiger partial charge in [0.15, 0.2) is 5.78 Å². The van der Waals surface area contributed by atoms with Crippen LogP contribution in [0.2, 0.25) is 0 Å². The average Bonchev–Trinajstić information content (AvgIpc) is 2.88. The highest BCUT2D eigenvalue weighted by atomic mass is 16.5. The second kappa shape index (κ2) is 6.78. The third-order valence-corrected chi connectivity index (χ3v) is 2.90. The molecule has 0 aromatic carbocycles. The van der Waals surface area contributed by atoms with Crippen LogP contribution in [0.4, 0.5) is 4.79 Å². The number of ether oxygens (including phenoxy) is 1. The summed E-state index contributed by atoms with van der Waals surface area (Å²) in [5.74, 6) is -0.104. The number of aromatic nitrogens is 2. The van der Waals surface area contributed by atoms with Gasteiger partial charge in [0.1, 0.15) is 0 Å². The first-order valence-corrected chi connectivity index (χ1v) is 5.93. The van der Waals surface area contributed by atoms with Crippen LogP contribution in [0, 0.1) is 5.92 Å². The maximum atomic E-state index is 12.1. The number of rotatable bonds is 6. The van der Waals surface area contributed by atoms with Crippen molar-refractivity contribution in [1.29, 1.82) is 0 Å². The van der Waals surface area contributed by atoms with Crippen molar-refractivity contribution in [2.45, 2.75) is 32.7 Å². The molecule has 0 bridgehead atoms. The molecule has 0 fully saturated rings. The maximum absolute atomic E-state index is 12.1. The lowest BCUT2D eigenvalue weighted by Gasteiger charge is -2.19. The number of Topliss-reactive ketones (excluding diaryl/α,β-unsaturated/α-hetero) is 1. The molecular formula is C12H19N3O3. The van der Waals surface area contributed by atoms with Gasteiger partial charge in [-0.05, 0) is 6.42 Å². The number of H-pyrrole nitrogens is 1. The molecule has 0 saturated heterocycles. The lowest BCUT2D eigenvalue weighted by Crippen LogP contribution is -2.44. The smallest absolute Gasteiger partial charge is 0.407 e. The van der Waals surface area contributed by atoms with Gasteiger partial charge in [-0.25, -0.2) is 9.78 Å². The van der Waals surface area contributed by atoms with Crippen molar-refractivity contribution in [2.75, 3.05) is 7.11 Å². The van der Waals surface area contributed by atoms with E-state index < -0.39 is 12.1 Å². The Balaban J connectivity index is 2.74. The van der Waals surface area contributed by atoms with Gasteiger partial charge in [0, 0.05) is 24.2 Å². The van der Waals surface area contributed by atoms with Crippen molar-refractivity contribution in [3.63, 3.8) is 0 Å². The van der Waals surface area contributed by atoms with E-state index in [0.29, 0.717) is 6.42 Å². The maximum Gasteiger partial charge on any atom is 0.407 e. The number of hydrogen-bond acceptors (Lipinski definition) is 4. The van der Waals surface area contributed by atoms with Gasteiger partial charge in [-0.3, -0.25) is 4.79 Å². The SMILES string of the molecule is CCC(C)C(=O)[C@H](Cc1cnc[nH]1)NC(=O)OC. The highest BCUT2D eigenvalue weighted by Crippen LogP contribution is 2.09. The largest absolute Gasteiger partial charge is 0.453 e. The van der Waals surface area contributed by atoms with E-state index >= 15 is 0 Å². The number of amides is 1. The predicted octanol–water partition coefficient (Wildman–Crippen LogP) is 1.29. The first-order valence-electron chi connectivity index (χ1n) is 5.93. The van der Waals surface area contributed by atoms with E-state index in [0.717, 1.165) is 12.1 Å². The molecule has 0 aliphatic heterocycles. The molecule has 1 unspecified atom stereocenters. The van der Waals surface area contributed by atoms with E-state index in [1.807, 2.05) is 13.8 Å². The molecule has 1 aromatic heterocycles. The summed E-state index contributed by atoms with van der Waals surface area (Å²) in [5.41, 5.74) is 0.799.